The van der Waals surface area contributed by atoms with Crippen LogP contribution in [-0.4, -0.2) is 37.5 Å². The van der Waals surface area contributed by atoms with Crippen molar-refractivity contribution in [3.63, 3.8) is 0 Å². The molecule has 0 atom stereocenters. The van der Waals surface area contributed by atoms with Gasteiger partial charge in [-0.25, -0.2) is 19.9 Å². The van der Waals surface area contributed by atoms with Crippen molar-refractivity contribution in [2.75, 3.05) is 0 Å². The molecule has 0 saturated heterocycles. The Morgan fingerprint density at radius 2 is 0.462 bits per heavy atom. The van der Waals surface area contributed by atoms with Crippen molar-refractivity contribution in [2.45, 2.75) is 7.43 Å². The quantitative estimate of drug-likeness (QED) is 0.138. The van der Waals surface area contributed by atoms with Gasteiger partial charge in [0.15, 0.2) is 0 Å². The molecule has 16 aromatic rings. The summed E-state index contributed by atoms with van der Waals surface area (Å²) in [4.78, 5) is 73.4. The summed E-state index contributed by atoms with van der Waals surface area (Å²) in [5.41, 5.74) is 8.13. The highest BCUT2D eigenvalue weighted by Gasteiger charge is 2.24. The molecule has 0 fully saturated rings. The molecule has 0 aliphatic heterocycles. The smallest absolute Gasteiger partial charge is 0.264 e. The Bertz CT molecular complexity index is 4440. The van der Waals surface area contributed by atoms with E-state index in [1.807, 2.05) is 133 Å². The molecule has 0 spiro atoms. The highest BCUT2D eigenvalue weighted by molar-refractivity contribution is 6.29. The van der Waals surface area contributed by atoms with Gasteiger partial charge < -0.3 is 0 Å². The minimum atomic E-state index is -0.128. The van der Waals surface area contributed by atoms with Crippen molar-refractivity contribution in [3.05, 3.63) is 187 Å². The summed E-state index contributed by atoms with van der Waals surface area (Å²) in [6.45, 7) is 0. The summed E-state index contributed by atoms with van der Waals surface area (Å²) in [5, 5.41) is 8.84. The topological polar surface area (TPSA) is 137 Å². The molecule has 304 valence electrons. The Kier molecular flexibility index (Phi) is 6.57. The summed E-state index contributed by atoms with van der Waals surface area (Å²) in [6, 6.07) is 45.6. The fraction of sp³-hybridized carbons (Fsp3) is 0.0189. The van der Waals surface area contributed by atoms with Crippen molar-refractivity contribution in [1.82, 2.24) is 37.5 Å². The standard InChI is InChI=1S/2C26H12N4O2.CH4/c31-25-15-12-10-14-22-16(26(32)30-20-8-4-2-6-18(20)28-24(14)30)11-9-13(21(15)22)23-27-17-5-1-3-7-19(17)29(23)25;31-25-15-11-12-16-22-14(24-28-18-6-2-4-8-20(18)30(24)26(16)32)10-9-13(21(15)22)23-27-17-5-1-3-7-19(17)29(23)25;/h2*1-12H;1H4. The van der Waals surface area contributed by atoms with Crippen LogP contribution < -0.4 is 22.2 Å². The second kappa shape index (κ2) is 12.1. The van der Waals surface area contributed by atoms with Crippen LogP contribution in [0.25, 0.3) is 131 Å². The summed E-state index contributed by atoms with van der Waals surface area (Å²) in [7, 11) is 0. The normalized spacial score (nSPS) is 12.4. The van der Waals surface area contributed by atoms with Crippen LogP contribution in [0, 0.1) is 0 Å². The zero-order valence-electron chi connectivity index (χ0n) is 33.1. The second-order valence-electron chi connectivity index (χ2n) is 16.4. The van der Waals surface area contributed by atoms with Gasteiger partial charge in [-0.1, -0.05) is 56.0 Å². The van der Waals surface area contributed by atoms with Crippen LogP contribution in [0.5, 0.6) is 0 Å². The van der Waals surface area contributed by atoms with Gasteiger partial charge in [0.2, 0.25) is 0 Å². The van der Waals surface area contributed by atoms with E-state index >= 15 is 0 Å². The van der Waals surface area contributed by atoms with Gasteiger partial charge in [0.1, 0.15) is 22.6 Å². The molecule has 8 aromatic carbocycles. The number of benzene rings is 8. The molecule has 0 unspecified atom stereocenters. The van der Waals surface area contributed by atoms with Crippen LogP contribution >= 0.6 is 0 Å². The first-order valence-corrected chi connectivity index (χ1v) is 20.7. The predicted molar refractivity (Wildman–Crippen MR) is 259 cm³/mol. The van der Waals surface area contributed by atoms with Gasteiger partial charge in [0, 0.05) is 64.6 Å². The molecule has 0 N–H and O–H groups in total. The van der Waals surface area contributed by atoms with E-state index in [1.54, 1.807) is 29.7 Å². The Balaban J connectivity index is 0.000000123. The Labute approximate surface area is 362 Å². The lowest BCUT2D eigenvalue weighted by atomic mass is 9.96. The Morgan fingerprint density at radius 3 is 0.692 bits per heavy atom. The zero-order valence-corrected chi connectivity index (χ0v) is 33.1. The number of imidazole rings is 4. The average Bonchev–Trinajstić information content (AvgIpc) is 4.12. The number of hydrogen-bond acceptors (Lipinski definition) is 8. The van der Waals surface area contributed by atoms with Crippen LogP contribution in [0.1, 0.15) is 7.43 Å². The summed E-state index contributed by atoms with van der Waals surface area (Å²) < 4.78 is 6.70. The molecular weight excluding hydrogens is 813 g/mol. The number of aromatic nitrogens is 8. The van der Waals surface area contributed by atoms with Crippen LogP contribution in [0.15, 0.2) is 165 Å². The first-order chi connectivity index (χ1) is 31.4. The van der Waals surface area contributed by atoms with Gasteiger partial charge in [0.25, 0.3) is 22.2 Å². The lowest BCUT2D eigenvalue weighted by Gasteiger charge is -2.12. The first kappa shape index (κ1) is 35.4. The maximum Gasteiger partial charge on any atom is 0.264 e. The summed E-state index contributed by atoms with van der Waals surface area (Å²) in [6.07, 6.45) is 0. The molecular formula is C53H28N8O4. The minimum absolute atomic E-state index is 0. The fourth-order valence-corrected chi connectivity index (χ4v) is 10.6. The maximum absolute atomic E-state index is 13.6. The van der Waals surface area contributed by atoms with Gasteiger partial charge in [-0.2, -0.15) is 0 Å². The van der Waals surface area contributed by atoms with Gasteiger partial charge >= 0.3 is 0 Å². The van der Waals surface area contributed by atoms with Crippen molar-refractivity contribution in [2.24, 2.45) is 0 Å². The van der Waals surface area contributed by atoms with Crippen LogP contribution in [0.4, 0.5) is 0 Å². The van der Waals surface area contributed by atoms with E-state index in [0.717, 1.165) is 87.2 Å². The second-order valence-corrected chi connectivity index (χ2v) is 16.4. The van der Waals surface area contributed by atoms with Gasteiger partial charge in [-0.15, -0.1) is 0 Å². The van der Waals surface area contributed by atoms with Crippen molar-refractivity contribution in [3.8, 4) is 0 Å². The largest absolute Gasteiger partial charge is 0.268 e. The number of hydrogen-bond donors (Lipinski definition) is 0. The number of para-hydroxylation sites is 8. The summed E-state index contributed by atoms with van der Waals surface area (Å²) in [5.74, 6) is 0. The Morgan fingerprint density at radius 1 is 0.262 bits per heavy atom. The highest BCUT2D eigenvalue weighted by atomic mass is 16.1. The molecule has 12 nitrogen and oxygen atoms in total. The van der Waals surface area contributed by atoms with E-state index in [1.165, 1.54) is 0 Å². The lowest BCUT2D eigenvalue weighted by molar-refractivity contribution is 1.18. The van der Waals surface area contributed by atoms with E-state index in [2.05, 4.69) is 0 Å². The van der Waals surface area contributed by atoms with Crippen molar-refractivity contribution in [1.29, 1.82) is 0 Å². The van der Waals surface area contributed by atoms with E-state index in [0.29, 0.717) is 44.1 Å². The number of nitrogens with zero attached hydrogens (tertiary/aromatic N) is 8. The highest BCUT2D eigenvalue weighted by Crippen LogP contribution is 2.38. The van der Waals surface area contributed by atoms with E-state index in [9.17, 15) is 19.2 Å². The van der Waals surface area contributed by atoms with Crippen LogP contribution in [-0.2, 0) is 0 Å². The van der Waals surface area contributed by atoms with Crippen LogP contribution in [0.2, 0.25) is 0 Å². The monoisotopic (exact) mass is 840 g/mol. The molecule has 12 heteroatoms. The molecule has 0 amide bonds. The number of pyridine rings is 4. The molecule has 8 aromatic heterocycles. The molecule has 0 aliphatic rings. The number of rotatable bonds is 0. The zero-order chi connectivity index (χ0) is 42.3. The van der Waals surface area contributed by atoms with Gasteiger partial charge in [-0.05, 0) is 97.1 Å². The van der Waals surface area contributed by atoms with E-state index in [-0.39, 0.29) is 29.7 Å². The average molecular weight is 841 g/mol. The van der Waals surface area contributed by atoms with E-state index in [4.69, 9.17) is 19.9 Å². The molecule has 16 rings (SSSR count). The summed E-state index contributed by atoms with van der Waals surface area (Å²) >= 11 is 0. The third-order valence-corrected chi connectivity index (χ3v) is 13.3. The molecule has 65 heavy (non-hydrogen) atoms. The minimum Gasteiger partial charge on any atom is -0.268 e. The molecule has 0 bridgehead atoms. The SMILES string of the molecule is C.O=c1c2ccc3c(=O)n4c5ccccc5nc4c4ccc(c2c34)c2nc3ccccc3n12.O=c1c2ccc3c4c(ccc(c24)c2nc4ccccc4n12)c(=O)n1c2ccccc2nc31. The third-order valence-electron chi connectivity index (χ3n) is 13.3. The lowest BCUT2D eigenvalue weighted by Crippen LogP contribution is -2.16. The first-order valence-electron chi connectivity index (χ1n) is 20.7. The molecule has 0 saturated carbocycles. The van der Waals surface area contributed by atoms with E-state index < -0.39 is 0 Å². The van der Waals surface area contributed by atoms with Crippen molar-refractivity contribution < 1.29 is 0 Å². The maximum atomic E-state index is 13.6. The number of fused-ring (bicyclic) bond motifs is 16. The molecule has 8 heterocycles. The molecule has 0 aliphatic carbocycles. The van der Waals surface area contributed by atoms with Gasteiger partial charge in [-0.3, -0.25) is 36.8 Å². The van der Waals surface area contributed by atoms with Crippen molar-refractivity contribution >= 4 is 131 Å². The third kappa shape index (κ3) is 4.20. The molecule has 0 radical (unpaired) electrons. The van der Waals surface area contributed by atoms with Gasteiger partial charge in [0.05, 0.1) is 44.1 Å². The van der Waals surface area contributed by atoms with Crippen LogP contribution in [0.3, 0.4) is 0 Å². The predicted octanol–water partition coefficient (Wildman–Crippen LogP) is 9.32. The fourth-order valence-electron chi connectivity index (χ4n) is 10.6. The Hall–Kier alpha value is -9.16.